The summed E-state index contributed by atoms with van der Waals surface area (Å²) < 4.78 is 1.91. The summed E-state index contributed by atoms with van der Waals surface area (Å²) in [6, 6.07) is 8.69. The number of guanidine groups is 1. The topological polar surface area (TPSA) is 97.4 Å². The number of nitro groups is 1. The standard InChI is InChI=1S/C18H26N6O2.HI/c1-19-18(21-12-4-14-23-15-5-13-22-23)20-11-3-2-6-16-7-9-17(10-8-16)24(25)26;/h5,7-10,13,15H,2-4,6,11-12,14H2,1H3,(H2,19,20,21);1H. The van der Waals surface area contributed by atoms with Crippen LogP contribution < -0.4 is 10.6 Å². The molecule has 1 aromatic heterocycles. The zero-order valence-electron chi connectivity index (χ0n) is 15.5. The number of aliphatic imine (C=N–C) groups is 1. The first-order valence-electron chi connectivity index (χ1n) is 8.84. The van der Waals surface area contributed by atoms with Crippen molar-refractivity contribution in [3.63, 3.8) is 0 Å². The smallest absolute Gasteiger partial charge is 0.269 e. The van der Waals surface area contributed by atoms with Crippen LogP contribution >= 0.6 is 24.0 Å². The number of nitro benzene ring substituents is 1. The molecule has 8 nitrogen and oxygen atoms in total. The second kappa shape index (κ2) is 13.1. The molecule has 0 unspecified atom stereocenters. The van der Waals surface area contributed by atoms with Crippen LogP contribution in [0.4, 0.5) is 5.69 Å². The lowest BCUT2D eigenvalue weighted by Crippen LogP contribution is -2.38. The predicted octanol–water partition coefficient (Wildman–Crippen LogP) is 2.99. The maximum Gasteiger partial charge on any atom is 0.269 e. The van der Waals surface area contributed by atoms with Crippen LogP contribution in [0, 0.1) is 10.1 Å². The van der Waals surface area contributed by atoms with Crippen LogP contribution in [-0.2, 0) is 13.0 Å². The van der Waals surface area contributed by atoms with Crippen molar-refractivity contribution in [3.8, 4) is 0 Å². The van der Waals surface area contributed by atoms with Crippen LogP contribution in [-0.4, -0.2) is 40.8 Å². The van der Waals surface area contributed by atoms with Gasteiger partial charge in [0.2, 0.25) is 0 Å². The molecular formula is C18H27IN6O2. The van der Waals surface area contributed by atoms with Crippen LogP contribution in [0.2, 0.25) is 0 Å². The van der Waals surface area contributed by atoms with E-state index in [0.29, 0.717) is 0 Å². The molecule has 0 saturated carbocycles. The molecule has 0 radical (unpaired) electrons. The van der Waals surface area contributed by atoms with Gasteiger partial charge in [0.05, 0.1) is 4.92 Å². The fourth-order valence-corrected chi connectivity index (χ4v) is 2.55. The molecule has 0 spiro atoms. The Morgan fingerprint density at radius 2 is 1.89 bits per heavy atom. The van der Waals surface area contributed by atoms with E-state index in [2.05, 4.69) is 20.7 Å². The van der Waals surface area contributed by atoms with Gasteiger partial charge in [-0.2, -0.15) is 5.10 Å². The van der Waals surface area contributed by atoms with E-state index in [-0.39, 0.29) is 34.6 Å². The largest absolute Gasteiger partial charge is 0.356 e. The molecule has 1 aromatic carbocycles. The molecule has 2 aromatic rings. The fraction of sp³-hybridized carbons (Fsp3) is 0.444. The summed E-state index contributed by atoms with van der Waals surface area (Å²) in [7, 11) is 1.76. The molecule has 1 heterocycles. The Labute approximate surface area is 176 Å². The van der Waals surface area contributed by atoms with Gasteiger partial charge in [0.25, 0.3) is 5.69 Å². The molecule has 148 valence electrons. The minimum Gasteiger partial charge on any atom is -0.356 e. The van der Waals surface area contributed by atoms with Gasteiger partial charge in [-0.15, -0.1) is 24.0 Å². The molecular weight excluding hydrogens is 459 g/mol. The number of benzene rings is 1. The molecule has 0 aliphatic heterocycles. The number of aromatic nitrogens is 2. The minimum absolute atomic E-state index is 0. The predicted molar refractivity (Wildman–Crippen MR) is 118 cm³/mol. The van der Waals surface area contributed by atoms with Crippen LogP contribution in [0.5, 0.6) is 0 Å². The summed E-state index contributed by atoms with van der Waals surface area (Å²) in [5.74, 6) is 0.806. The normalized spacial score (nSPS) is 10.9. The van der Waals surface area contributed by atoms with E-state index >= 15 is 0 Å². The van der Waals surface area contributed by atoms with Crippen LogP contribution in [0.1, 0.15) is 24.8 Å². The maximum atomic E-state index is 10.6. The molecule has 27 heavy (non-hydrogen) atoms. The number of non-ortho nitro benzene ring substituents is 1. The number of unbranched alkanes of at least 4 members (excludes halogenated alkanes) is 1. The van der Waals surface area contributed by atoms with Gasteiger partial charge in [-0.3, -0.25) is 19.8 Å². The van der Waals surface area contributed by atoms with E-state index in [1.807, 2.05) is 29.1 Å². The Morgan fingerprint density at radius 1 is 1.19 bits per heavy atom. The van der Waals surface area contributed by atoms with Crippen molar-refractivity contribution < 1.29 is 4.92 Å². The van der Waals surface area contributed by atoms with Gasteiger partial charge in [0.15, 0.2) is 5.96 Å². The van der Waals surface area contributed by atoms with E-state index in [4.69, 9.17) is 0 Å². The zero-order chi connectivity index (χ0) is 18.6. The average Bonchev–Trinajstić information content (AvgIpc) is 3.17. The molecule has 0 bridgehead atoms. The summed E-state index contributed by atoms with van der Waals surface area (Å²) in [5, 5.41) is 21.4. The average molecular weight is 486 g/mol. The first-order valence-corrected chi connectivity index (χ1v) is 8.84. The lowest BCUT2D eigenvalue weighted by molar-refractivity contribution is -0.384. The number of halogens is 1. The number of hydrogen-bond donors (Lipinski definition) is 2. The second-order valence-corrected chi connectivity index (χ2v) is 5.93. The lowest BCUT2D eigenvalue weighted by Gasteiger charge is -2.11. The van der Waals surface area contributed by atoms with Gasteiger partial charge in [-0.05, 0) is 37.3 Å². The Bertz CT molecular complexity index is 688. The first-order chi connectivity index (χ1) is 12.7. The SMILES string of the molecule is CN=C(NCCCCc1ccc([N+](=O)[O-])cc1)NCCCn1cccn1.I. The lowest BCUT2D eigenvalue weighted by atomic mass is 10.1. The van der Waals surface area contributed by atoms with E-state index in [1.165, 1.54) is 0 Å². The third kappa shape index (κ3) is 8.85. The molecule has 2 N–H and O–H groups in total. The monoisotopic (exact) mass is 486 g/mol. The summed E-state index contributed by atoms with van der Waals surface area (Å²) in [4.78, 5) is 14.5. The quantitative estimate of drug-likeness (QED) is 0.134. The van der Waals surface area contributed by atoms with Gasteiger partial charge in [-0.25, -0.2) is 0 Å². The Balaban J connectivity index is 0.00000364. The number of hydrogen-bond acceptors (Lipinski definition) is 4. The molecule has 0 saturated heterocycles. The van der Waals surface area contributed by atoms with Crippen molar-refractivity contribution in [1.82, 2.24) is 20.4 Å². The summed E-state index contributed by atoms with van der Waals surface area (Å²) in [5.41, 5.74) is 1.26. The first kappa shape index (κ1) is 22.9. The Morgan fingerprint density at radius 3 is 2.48 bits per heavy atom. The number of aryl methyl sites for hydroxylation is 2. The van der Waals surface area contributed by atoms with Crippen molar-refractivity contribution in [3.05, 3.63) is 58.4 Å². The minimum atomic E-state index is -0.374. The van der Waals surface area contributed by atoms with Crippen LogP contribution in [0.15, 0.2) is 47.7 Å². The summed E-state index contributed by atoms with van der Waals surface area (Å²) in [6.45, 7) is 2.56. The van der Waals surface area contributed by atoms with E-state index in [0.717, 1.165) is 56.8 Å². The van der Waals surface area contributed by atoms with Crippen LogP contribution in [0.3, 0.4) is 0 Å². The van der Waals surface area contributed by atoms with E-state index in [9.17, 15) is 10.1 Å². The van der Waals surface area contributed by atoms with E-state index < -0.39 is 0 Å². The second-order valence-electron chi connectivity index (χ2n) is 5.93. The molecule has 0 atom stereocenters. The number of nitrogens with zero attached hydrogens (tertiary/aromatic N) is 4. The summed E-state index contributed by atoms with van der Waals surface area (Å²) in [6.07, 6.45) is 7.65. The maximum absolute atomic E-state index is 10.6. The molecule has 0 aliphatic carbocycles. The van der Waals surface area contributed by atoms with Gasteiger partial charge in [-0.1, -0.05) is 12.1 Å². The highest BCUT2D eigenvalue weighted by Gasteiger charge is 2.03. The van der Waals surface area contributed by atoms with Gasteiger partial charge >= 0.3 is 0 Å². The molecule has 0 aliphatic rings. The number of rotatable bonds is 10. The van der Waals surface area contributed by atoms with E-state index in [1.54, 1.807) is 25.4 Å². The molecule has 0 fully saturated rings. The highest BCUT2D eigenvalue weighted by Crippen LogP contribution is 2.13. The van der Waals surface area contributed by atoms with Crippen molar-refractivity contribution in [2.24, 2.45) is 4.99 Å². The van der Waals surface area contributed by atoms with Gasteiger partial charge in [0, 0.05) is 51.2 Å². The van der Waals surface area contributed by atoms with Gasteiger partial charge in [0.1, 0.15) is 0 Å². The van der Waals surface area contributed by atoms with Crippen LogP contribution in [0.25, 0.3) is 0 Å². The highest BCUT2D eigenvalue weighted by molar-refractivity contribution is 14.0. The summed E-state index contributed by atoms with van der Waals surface area (Å²) >= 11 is 0. The Kier molecular flexibility index (Phi) is 11.1. The number of nitrogens with one attached hydrogen (secondary N) is 2. The zero-order valence-corrected chi connectivity index (χ0v) is 17.8. The molecule has 0 amide bonds. The highest BCUT2D eigenvalue weighted by atomic mass is 127. The van der Waals surface area contributed by atoms with Crippen molar-refractivity contribution in [1.29, 1.82) is 0 Å². The molecule has 9 heteroatoms. The third-order valence-corrected chi connectivity index (χ3v) is 3.97. The molecule has 2 rings (SSSR count). The fourth-order valence-electron chi connectivity index (χ4n) is 2.55. The third-order valence-electron chi connectivity index (χ3n) is 3.97. The van der Waals surface area contributed by atoms with Crippen molar-refractivity contribution in [2.45, 2.75) is 32.2 Å². The van der Waals surface area contributed by atoms with Crippen molar-refractivity contribution >= 4 is 35.6 Å². The van der Waals surface area contributed by atoms with Gasteiger partial charge < -0.3 is 10.6 Å². The van der Waals surface area contributed by atoms with Crippen molar-refractivity contribution in [2.75, 3.05) is 20.1 Å². The Hall–Kier alpha value is -2.17.